The van der Waals surface area contributed by atoms with Gasteiger partial charge >= 0.3 is 5.97 Å². The molecule has 0 amide bonds. The zero-order valence-electron chi connectivity index (χ0n) is 17.2. The van der Waals surface area contributed by atoms with Crippen molar-refractivity contribution in [1.29, 1.82) is 0 Å². The Balaban J connectivity index is 1.38. The Morgan fingerprint density at radius 2 is 1.72 bits per heavy atom. The Morgan fingerprint density at radius 3 is 2.47 bits per heavy atom. The fraction of sp³-hybridized carbons (Fsp3) is 0.250. The average molecular weight is 456 g/mol. The van der Waals surface area contributed by atoms with Gasteiger partial charge in [-0.05, 0) is 53.9 Å². The lowest BCUT2D eigenvalue weighted by Crippen LogP contribution is -2.43. The van der Waals surface area contributed by atoms with Crippen LogP contribution in [-0.2, 0) is 19.6 Å². The Labute approximate surface area is 185 Å². The molecular formula is C24H22FNO5S. The van der Waals surface area contributed by atoms with Gasteiger partial charge in [-0.3, -0.25) is 9.59 Å². The summed E-state index contributed by atoms with van der Waals surface area (Å²) in [5.41, 5.74) is 0.445. The van der Waals surface area contributed by atoms with Crippen molar-refractivity contribution < 1.29 is 27.1 Å². The summed E-state index contributed by atoms with van der Waals surface area (Å²) in [6.07, 6.45) is 0.956. The van der Waals surface area contributed by atoms with Crippen LogP contribution in [0.25, 0.3) is 10.8 Å². The molecule has 1 fully saturated rings. The minimum Gasteiger partial charge on any atom is -0.457 e. The minimum absolute atomic E-state index is 0.0283. The summed E-state index contributed by atoms with van der Waals surface area (Å²) < 4.78 is 45.2. The van der Waals surface area contributed by atoms with E-state index in [0.717, 1.165) is 22.9 Å². The van der Waals surface area contributed by atoms with E-state index in [9.17, 15) is 22.4 Å². The number of rotatable bonds is 6. The van der Waals surface area contributed by atoms with Crippen molar-refractivity contribution in [3.63, 3.8) is 0 Å². The monoisotopic (exact) mass is 455 g/mol. The van der Waals surface area contributed by atoms with Crippen LogP contribution in [0.4, 0.5) is 4.39 Å². The van der Waals surface area contributed by atoms with Crippen LogP contribution in [0.3, 0.4) is 0 Å². The van der Waals surface area contributed by atoms with Crippen LogP contribution in [0.1, 0.15) is 23.2 Å². The molecule has 8 heteroatoms. The first-order valence-corrected chi connectivity index (χ1v) is 11.7. The third kappa shape index (κ3) is 4.71. The first kappa shape index (κ1) is 22.1. The van der Waals surface area contributed by atoms with Gasteiger partial charge in [-0.2, -0.15) is 4.31 Å². The molecule has 0 spiro atoms. The number of nitrogens with zero attached hydrogens (tertiary/aromatic N) is 1. The van der Waals surface area contributed by atoms with Crippen LogP contribution in [-0.4, -0.2) is 44.2 Å². The Hall–Kier alpha value is -3.10. The van der Waals surface area contributed by atoms with E-state index >= 15 is 0 Å². The summed E-state index contributed by atoms with van der Waals surface area (Å²) in [6, 6.07) is 17.5. The zero-order valence-corrected chi connectivity index (χ0v) is 18.1. The van der Waals surface area contributed by atoms with Crippen molar-refractivity contribution >= 4 is 32.5 Å². The first-order chi connectivity index (χ1) is 15.3. The van der Waals surface area contributed by atoms with Gasteiger partial charge in [0, 0.05) is 18.7 Å². The van der Waals surface area contributed by atoms with Crippen LogP contribution in [0.5, 0.6) is 0 Å². The third-order valence-corrected chi connectivity index (χ3v) is 7.47. The van der Waals surface area contributed by atoms with Crippen LogP contribution >= 0.6 is 0 Å². The summed E-state index contributed by atoms with van der Waals surface area (Å²) in [7, 11) is -3.85. The average Bonchev–Trinajstić information content (AvgIpc) is 2.82. The molecule has 0 aromatic heterocycles. The summed E-state index contributed by atoms with van der Waals surface area (Å²) in [6.45, 7) is -0.180. The van der Waals surface area contributed by atoms with E-state index in [2.05, 4.69) is 0 Å². The molecule has 0 aliphatic carbocycles. The molecule has 6 nitrogen and oxygen atoms in total. The number of ether oxygens (including phenoxy) is 1. The lowest BCUT2D eigenvalue weighted by Gasteiger charge is -2.30. The Bertz CT molecular complexity index is 1260. The van der Waals surface area contributed by atoms with Crippen molar-refractivity contribution in [3.8, 4) is 0 Å². The highest BCUT2D eigenvalue weighted by molar-refractivity contribution is 7.89. The van der Waals surface area contributed by atoms with Gasteiger partial charge in [0.15, 0.2) is 12.4 Å². The molecule has 0 radical (unpaired) electrons. The number of carbonyl (C=O) groups is 2. The number of halogens is 1. The predicted molar refractivity (Wildman–Crippen MR) is 117 cm³/mol. The molecule has 0 bridgehead atoms. The fourth-order valence-corrected chi connectivity index (χ4v) is 5.33. The number of piperidine rings is 1. The van der Waals surface area contributed by atoms with Crippen LogP contribution < -0.4 is 0 Å². The minimum atomic E-state index is -3.85. The van der Waals surface area contributed by atoms with Gasteiger partial charge < -0.3 is 4.74 Å². The number of ketones is 1. The highest BCUT2D eigenvalue weighted by Crippen LogP contribution is 2.25. The lowest BCUT2D eigenvalue weighted by atomic mass is 10.00. The van der Waals surface area contributed by atoms with E-state index in [4.69, 9.17) is 4.74 Å². The van der Waals surface area contributed by atoms with Gasteiger partial charge in [0.05, 0.1) is 10.8 Å². The van der Waals surface area contributed by atoms with E-state index in [1.54, 1.807) is 12.1 Å². The quantitative estimate of drug-likeness (QED) is 0.417. The molecule has 1 unspecified atom stereocenters. The van der Waals surface area contributed by atoms with Crippen molar-refractivity contribution in [2.45, 2.75) is 17.7 Å². The molecule has 0 saturated carbocycles. The predicted octanol–water partition coefficient (Wildman–Crippen LogP) is 3.81. The number of benzene rings is 3. The highest BCUT2D eigenvalue weighted by Gasteiger charge is 2.34. The Kier molecular flexibility index (Phi) is 6.34. The number of Topliss-reactive ketones (excluding diaryl/α,β-unsaturated/α-hetero) is 1. The number of esters is 1. The van der Waals surface area contributed by atoms with Crippen LogP contribution in [0.15, 0.2) is 71.6 Å². The second-order valence-corrected chi connectivity index (χ2v) is 9.69. The summed E-state index contributed by atoms with van der Waals surface area (Å²) in [4.78, 5) is 25.0. The van der Waals surface area contributed by atoms with Crippen molar-refractivity contribution in [2.24, 2.45) is 5.92 Å². The molecule has 3 aromatic rings. The second-order valence-electron chi connectivity index (χ2n) is 7.75. The first-order valence-electron chi connectivity index (χ1n) is 10.3. The van der Waals surface area contributed by atoms with Gasteiger partial charge in [-0.25, -0.2) is 12.8 Å². The summed E-state index contributed by atoms with van der Waals surface area (Å²) >= 11 is 0. The van der Waals surface area contributed by atoms with Crippen LogP contribution in [0, 0.1) is 11.7 Å². The molecule has 1 heterocycles. The number of fused-ring (bicyclic) bond motifs is 1. The smallest absolute Gasteiger partial charge is 0.310 e. The molecule has 4 rings (SSSR count). The zero-order chi connectivity index (χ0) is 22.7. The molecule has 166 valence electrons. The maximum atomic E-state index is 13.1. The van der Waals surface area contributed by atoms with Crippen molar-refractivity contribution in [3.05, 3.63) is 78.1 Å². The van der Waals surface area contributed by atoms with Gasteiger partial charge in [0.25, 0.3) is 0 Å². The third-order valence-electron chi connectivity index (χ3n) is 5.59. The van der Waals surface area contributed by atoms with Gasteiger partial charge in [0.2, 0.25) is 10.0 Å². The highest BCUT2D eigenvalue weighted by atomic mass is 32.2. The molecule has 3 aromatic carbocycles. The molecule has 1 saturated heterocycles. The number of carbonyl (C=O) groups excluding carboxylic acids is 2. The SMILES string of the molecule is O=C(COC(=O)C1CCCN(S(=O)(=O)c2ccc(F)cc2)C1)c1ccc2ccccc2c1. The van der Waals surface area contributed by atoms with Gasteiger partial charge in [-0.1, -0.05) is 36.4 Å². The number of hydrogen-bond acceptors (Lipinski definition) is 5. The lowest BCUT2D eigenvalue weighted by molar-refractivity contribution is -0.148. The summed E-state index contributed by atoms with van der Waals surface area (Å²) in [5.74, 6) is -2.11. The van der Waals surface area contributed by atoms with Crippen molar-refractivity contribution in [1.82, 2.24) is 4.31 Å². The van der Waals surface area contributed by atoms with Gasteiger partial charge in [0.1, 0.15) is 5.82 Å². The van der Waals surface area contributed by atoms with Crippen LogP contribution in [0.2, 0.25) is 0 Å². The van der Waals surface area contributed by atoms with Crippen molar-refractivity contribution in [2.75, 3.05) is 19.7 Å². The molecule has 1 aliphatic heterocycles. The molecule has 32 heavy (non-hydrogen) atoms. The van der Waals surface area contributed by atoms with E-state index < -0.39 is 34.3 Å². The van der Waals surface area contributed by atoms with E-state index in [0.29, 0.717) is 18.4 Å². The number of sulfonamides is 1. The normalized spacial score (nSPS) is 17.2. The number of hydrogen-bond donors (Lipinski definition) is 0. The molecular weight excluding hydrogens is 433 g/mol. The van der Waals surface area contributed by atoms with E-state index in [-0.39, 0.29) is 23.8 Å². The maximum absolute atomic E-state index is 13.1. The topological polar surface area (TPSA) is 80.8 Å². The molecule has 1 aliphatic rings. The van der Waals surface area contributed by atoms with E-state index in [1.807, 2.05) is 30.3 Å². The van der Waals surface area contributed by atoms with E-state index in [1.165, 1.54) is 16.4 Å². The second kappa shape index (κ2) is 9.18. The molecule has 1 atom stereocenters. The summed E-state index contributed by atoms with van der Waals surface area (Å²) in [5, 5.41) is 1.92. The van der Waals surface area contributed by atoms with Gasteiger partial charge in [-0.15, -0.1) is 0 Å². The fourth-order valence-electron chi connectivity index (χ4n) is 3.81. The maximum Gasteiger partial charge on any atom is 0.310 e. The Morgan fingerprint density at radius 1 is 1.00 bits per heavy atom. The standard InChI is InChI=1S/C24H22FNO5S/c25-21-9-11-22(12-10-21)32(29,30)26-13-3-6-20(15-26)24(28)31-16-23(27)19-8-7-17-4-1-2-5-18(17)14-19/h1-2,4-5,7-12,14,20H,3,6,13,15-16H2. The molecule has 0 N–H and O–H groups in total. The largest absolute Gasteiger partial charge is 0.457 e.